The van der Waals surface area contributed by atoms with Gasteiger partial charge in [0, 0.05) is 6.42 Å². The third kappa shape index (κ3) is 3.89. The fourth-order valence-electron chi connectivity index (χ4n) is 4.51. The molecule has 1 saturated carbocycles. The van der Waals surface area contributed by atoms with E-state index in [4.69, 9.17) is 0 Å². The van der Waals surface area contributed by atoms with E-state index < -0.39 is 35.5 Å². The molecular weight excluding hydrogens is 392 g/mol. The van der Waals surface area contributed by atoms with Gasteiger partial charge < -0.3 is 10.6 Å². The Bertz CT molecular complexity index is 1030. The molecule has 4 amide bonds. The number of hydrogen-bond acceptors (Lipinski definition) is 4. The predicted octanol–water partition coefficient (Wildman–Crippen LogP) is 2.63. The van der Waals surface area contributed by atoms with Gasteiger partial charge in [-0.3, -0.25) is 14.5 Å². The summed E-state index contributed by atoms with van der Waals surface area (Å²) in [5.74, 6) is -0.976. The van der Waals surface area contributed by atoms with E-state index in [1.165, 1.54) is 0 Å². The minimum atomic E-state index is -1.29. The third-order valence-electron chi connectivity index (χ3n) is 6.11. The second-order valence-electron chi connectivity index (χ2n) is 8.20. The first kappa shape index (κ1) is 20.6. The molecule has 2 aromatic rings. The molecule has 4 rings (SSSR count). The van der Waals surface area contributed by atoms with Crippen LogP contribution in [-0.2, 0) is 21.5 Å². The van der Waals surface area contributed by atoms with Gasteiger partial charge in [0.05, 0.1) is 6.07 Å². The molecule has 2 aliphatic rings. The van der Waals surface area contributed by atoms with Gasteiger partial charge >= 0.3 is 6.03 Å². The maximum Gasteiger partial charge on any atom is 0.325 e. The van der Waals surface area contributed by atoms with Crippen LogP contribution < -0.4 is 10.6 Å². The number of nitrogens with one attached hydrogen (secondary N) is 2. The molecule has 2 fully saturated rings. The smallest absolute Gasteiger partial charge is 0.325 e. The van der Waals surface area contributed by atoms with Gasteiger partial charge in [-0.2, -0.15) is 5.26 Å². The lowest BCUT2D eigenvalue weighted by molar-refractivity contribution is -0.135. The summed E-state index contributed by atoms with van der Waals surface area (Å²) >= 11 is 0. The van der Waals surface area contributed by atoms with Crippen molar-refractivity contribution in [1.29, 1.82) is 5.26 Å². The quantitative estimate of drug-likeness (QED) is 0.707. The second-order valence-corrected chi connectivity index (χ2v) is 8.20. The van der Waals surface area contributed by atoms with Crippen LogP contribution in [0, 0.1) is 11.3 Å². The number of hydrogen-bond donors (Lipinski definition) is 2. The van der Waals surface area contributed by atoms with Gasteiger partial charge in [0.1, 0.15) is 12.1 Å². The summed E-state index contributed by atoms with van der Waals surface area (Å²) in [6, 6.07) is 20.1. The van der Waals surface area contributed by atoms with Crippen LogP contribution in [-0.4, -0.2) is 34.8 Å². The van der Waals surface area contributed by atoms with Gasteiger partial charge in [0.15, 0.2) is 5.54 Å². The molecular formula is C24H24N4O3. The van der Waals surface area contributed by atoms with Gasteiger partial charge in [-0.05, 0) is 36.8 Å². The van der Waals surface area contributed by atoms with E-state index in [9.17, 15) is 19.6 Å². The van der Waals surface area contributed by atoms with Crippen molar-refractivity contribution in [3.05, 3.63) is 71.8 Å². The van der Waals surface area contributed by atoms with E-state index >= 15 is 0 Å². The number of imide groups is 1. The van der Waals surface area contributed by atoms with E-state index in [-0.39, 0.29) is 6.42 Å². The maximum absolute atomic E-state index is 13.6. The van der Waals surface area contributed by atoms with Gasteiger partial charge in [0.2, 0.25) is 5.91 Å². The normalized spacial score (nSPS) is 22.1. The molecule has 0 radical (unpaired) electrons. The van der Waals surface area contributed by atoms with Crippen molar-refractivity contribution in [2.45, 2.75) is 43.2 Å². The first-order valence-corrected chi connectivity index (χ1v) is 10.4. The number of nitrogens with zero attached hydrogens (tertiary/aromatic N) is 2. The van der Waals surface area contributed by atoms with E-state index in [2.05, 4.69) is 16.7 Å². The first-order valence-electron chi connectivity index (χ1n) is 10.4. The highest BCUT2D eigenvalue weighted by Crippen LogP contribution is 2.33. The Kier molecular flexibility index (Phi) is 5.47. The zero-order valence-electron chi connectivity index (χ0n) is 17.1. The van der Waals surface area contributed by atoms with Gasteiger partial charge in [0.25, 0.3) is 5.91 Å². The van der Waals surface area contributed by atoms with E-state index in [0.717, 1.165) is 23.3 Å². The summed E-state index contributed by atoms with van der Waals surface area (Å²) in [7, 11) is 0. The van der Waals surface area contributed by atoms with Crippen LogP contribution in [0.15, 0.2) is 60.7 Å². The second kappa shape index (κ2) is 8.23. The SMILES string of the molecule is N#CC1(NC(=O)CN2C(=O)N[C@@](Cc3ccccc3)(c3ccccc3)C2=O)CCCC1. The molecule has 2 N–H and O–H groups in total. The van der Waals surface area contributed by atoms with Crippen LogP contribution >= 0.6 is 0 Å². The summed E-state index contributed by atoms with van der Waals surface area (Å²) in [5, 5.41) is 15.1. The molecule has 2 aromatic carbocycles. The zero-order valence-corrected chi connectivity index (χ0v) is 17.1. The molecule has 1 heterocycles. The highest BCUT2D eigenvalue weighted by atomic mass is 16.2. The van der Waals surface area contributed by atoms with Crippen molar-refractivity contribution in [1.82, 2.24) is 15.5 Å². The van der Waals surface area contributed by atoms with Crippen molar-refractivity contribution < 1.29 is 14.4 Å². The van der Waals surface area contributed by atoms with Crippen molar-refractivity contribution in [2.24, 2.45) is 0 Å². The minimum Gasteiger partial charge on any atom is -0.336 e. The number of urea groups is 1. The Hall–Kier alpha value is -3.66. The number of benzene rings is 2. The summed E-state index contributed by atoms with van der Waals surface area (Å²) in [6.45, 7) is -0.419. The molecule has 0 aromatic heterocycles. The molecule has 1 saturated heterocycles. The Balaban J connectivity index is 1.60. The number of carbonyl (C=O) groups is 3. The standard InChI is InChI=1S/C24H24N4O3/c25-17-23(13-7-8-14-23)26-20(29)16-28-21(30)24(27-22(28)31,19-11-5-2-6-12-19)15-18-9-3-1-4-10-18/h1-6,9-12H,7-8,13-16H2,(H,26,29)(H,27,31)/t24-/m0/s1. The third-order valence-corrected chi connectivity index (χ3v) is 6.11. The van der Waals surface area contributed by atoms with Gasteiger partial charge in [-0.1, -0.05) is 60.7 Å². The number of rotatable bonds is 6. The Labute approximate surface area is 181 Å². The Morgan fingerprint density at radius 3 is 2.26 bits per heavy atom. The lowest BCUT2D eigenvalue weighted by atomic mass is 9.83. The Morgan fingerprint density at radius 1 is 1.03 bits per heavy atom. The average molecular weight is 416 g/mol. The molecule has 0 bridgehead atoms. The van der Waals surface area contributed by atoms with E-state index in [1.54, 1.807) is 12.1 Å². The van der Waals surface area contributed by atoms with Crippen LogP contribution in [0.1, 0.15) is 36.8 Å². The number of nitriles is 1. The fraction of sp³-hybridized carbons (Fsp3) is 0.333. The highest BCUT2D eigenvalue weighted by molar-refractivity contribution is 6.09. The molecule has 7 heteroatoms. The van der Waals surface area contributed by atoms with E-state index in [1.807, 2.05) is 48.5 Å². The lowest BCUT2D eigenvalue weighted by Crippen LogP contribution is -2.50. The van der Waals surface area contributed by atoms with Gasteiger partial charge in [-0.15, -0.1) is 0 Å². The van der Waals surface area contributed by atoms with Gasteiger partial charge in [-0.25, -0.2) is 4.79 Å². The van der Waals surface area contributed by atoms with Crippen LogP contribution in [0.2, 0.25) is 0 Å². The molecule has 7 nitrogen and oxygen atoms in total. The van der Waals surface area contributed by atoms with Crippen LogP contribution in [0.4, 0.5) is 4.79 Å². The van der Waals surface area contributed by atoms with Crippen LogP contribution in [0.25, 0.3) is 0 Å². The molecule has 158 valence electrons. The van der Waals surface area contributed by atoms with Crippen molar-refractivity contribution in [3.8, 4) is 6.07 Å². The zero-order chi connectivity index (χ0) is 21.9. The average Bonchev–Trinajstić information content (AvgIpc) is 3.34. The molecule has 0 unspecified atom stereocenters. The predicted molar refractivity (Wildman–Crippen MR) is 113 cm³/mol. The fourth-order valence-corrected chi connectivity index (χ4v) is 4.51. The maximum atomic E-state index is 13.6. The molecule has 0 spiro atoms. The van der Waals surface area contributed by atoms with Crippen molar-refractivity contribution >= 4 is 17.8 Å². The van der Waals surface area contributed by atoms with Crippen LogP contribution in [0.3, 0.4) is 0 Å². The molecule has 1 aliphatic carbocycles. The number of carbonyl (C=O) groups excluding carboxylic acids is 3. The summed E-state index contributed by atoms with van der Waals surface area (Å²) in [4.78, 5) is 40.0. The molecule has 31 heavy (non-hydrogen) atoms. The summed E-state index contributed by atoms with van der Waals surface area (Å²) in [5.41, 5.74) is -0.651. The van der Waals surface area contributed by atoms with E-state index in [0.29, 0.717) is 18.4 Å². The minimum absolute atomic E-state index is 0.267. The summed E-state index contributed by atoms with van der Waals surface area (Å²) < 4.78 is 0. The summed E-state index contributed by atoms with van der Waals surface area (Å²) in [6.07, 6.45) is 3.16. The monoisotopic (exact) mass is 416 g/mol. The highest BCUT2D eigenvalue weighted by Gasteiger charge is 2.53. The lowest BCUT2D eigenvalue weighted by Gasteiger charge is -2.28. The van der Waals surface area contributed by atoms with Crippen LogP contribution in [0.5, 0.6) is 0 Å². The molecule has 1 aliphatic heterocycles. The van der Waals surface area contributed by atoms with Crippen molar-refractivity contribution in [2.75, 3.05) is 6.54 Å². The topological polar surface area (TPSA) is 102 Å². The van der Waals surface area contributed by atoms with Crippen molar-refractivity contribution in [3.63, 3.8) is 0 Å². The number of amides is 4. The first-order chi connectivity index (χ1) is 15.0. The Morgan fingerprint density at radius 2 is 1.65 bits per heavy atom. The largest absolute Gasteiger partial charge is 0.336 e. The molecule has 1 atom stereocenters.